The third kappa shape index (κ3) is 2.28. The molecule has 2 aromatic rings. The van der Waals surface area contributed by atoms with Crippen molar-refractivity contribution in [2.24, 2.45) is 4.99 Å². The number of benzene rings is 1. The highest BCUT2D eigenvalue weighted by Gasteiger charge is 2.12. The van der Waals surface area contributed by atoms with Crippen molar-refractivity contribution in [3.8, 4) is 11.5 Å². The second kappa shape index (κ2) is 4.82. The van der Waals surface area contributed by atoms with Crippen LogP contribution in [0, 0.1) is 4.77 Å². The Kier molecular flexibility index (Phi) is 2.99. The standard InChI is InChI=1S/C12H10N4O3S/c13-10-9(11(17)16-12(20)15-10)14-4-6-1-2-7-8(3-6)19-5-18-7/h1-4H,5H2,(H4,13,15,16,17,20). The second-order valence-electron chi connectivity index (χ2n) is 4.04. The Bertz CT molecular complexity index is 809. The predicted octanol–water partition coefficient (Wildman–Crippen LogP) is 1.49. The minimum absolute atomic E-state index is 0.0799. The molecule has 0 amide bonds. The van der Waals surface area contributed by atoms with Gasteiger partial charge in [0.25, 0.3) is 5.56 Å². The van der Waals surface area contributed by atoms with Gasteiger partial charge < -0.3 is 20.2 Å². The maximum Gasteiger partial charge on any atom is 0.279 e. The molecule has 1 aliphatic rings. The highest BCUT2D eigenvalue weighted by atomic mass is 32.1. The molecule has 102 valence electrons. The summed E-state index contributed by atoms with van der Waals surface area (Å²) in [5.74, 6) is 1.45. The van der Waals surface area contributed by atoms with Gasteiger partial charge in [-0.15, -0.1) is 0 Å². The molecule has 1 aliphatic heterocycles. The van der Waals surface area contributed by atoms with Crippen molar-refractivity contribution in [3.63, 3.8) is 0 Å². The monoisotopic (exact) mass is 290 g/mol. The lowest BCUT2D eigenvalue weighted by molar-refractivity contribution is 0.174. The lowest BCUT2D eigenvalue weighted by atomic mass is 10.2. The van der Waals surface area contributed by atoms with Gasteiger partial charge in [0, 0.05) is 6.21 Å². The van der Waals surface area contributed by atoms with Crippen LogP contribution >= 0.6 is 12.2 Å². The van der Waals surface area contributed by atoms with Crippen LogP contribution in [0.2, 0.25) is 0 Å². The van der Waals surface area contributed by atoms with Gasteiger partial charge in [0.15, 0.2) is 22.0 Å². The third-order valence-electron chi connectivity index (χ3n) is 2.68. The van der Waals surface area contributed by atoms with Crippen molar-refractivity contribution in [2.45, 2.75) is 0 Å². The number of fused-ring (bicyclic) bond motifs is 1. The normalized spacial score (nSPS) is 13.0. The summed E-state index contributed by atoms with van der Waals surface area (Å²) in [7, 11) is 0. The molecule has 1 aromatic heterocycles. The average Bonchev–Trinajstić information content (AvgIpc) is 2.84. The van der Waals surface area contributed by atoms with Gasteiger partial charge in [-0.3, -0.25) is 9.78 Å². The van der Waals surface area contributed by atoms with E-state index in [0.717, 1.165) is 5.56 Å². The number of ether oxygens (including phenoxy) is 2. The molecule has 8 heteroatoms. The topological polar surface area (TPSA) is 105 Å². The van der Waals surface area contributed by atoms with Gasteiger partial charge >= 0.3 is 0 Å². The minimum atomic E-state index is -0.441. The second-order valence-corrected chi connectivity index (χ2v) is 4.45. The first-order chi connectivity index (χ1) is 9.63. The van der Waals surface area contributed by atoms with Crippen LogP contribution in [-0.2, 0) is 0 Å². The van der Waals surface area contributed by atoms with E-state index in [1.165, 1.54) is 6.21 Å². The summed E-state index contributed by atoms with van der Waals surface area (Å²) >= 11 is 4.80. The van der Waals surface area contributed by atoms with E-state index in [2.05, 4.69) is 15.0 Å². The molecule has 0 saturated heterocycles. The maximum absolute atomic E-state index is 11.7. The Labute approximate surface area is 118 Å². The Morgan fingerprint density at radius 1 is 1.30 bits per heavy atom. The van der Waals surface area contributed by atoms with Crippen LogP contribution in [0.3, 0.4) is 0 Å². The first kappa shape index (κ1) is 12.4. The molecule has 20 heavy (non-hydrogen) atoms. The molecule has 1 aromatic carbocycles. The Hall–Kier alpha value is -2.61. The lowest BCUT2D eigenvalue weighted by Gasteiger charge is -1.99. The van der Waals surface area contributed by atoms with Crippen LogP contribution < -0.4 is 20.8 Å². The molecule has 4 N–H and O–H groups in total. The summed E-state index contributed by atoms with van der Waals surface area (Å²) < 4.78 is 10.6. The van der Waals surface area contributed by atoms with Crippen molar-refractivity contribution < 1.29 is 9.47 Å². The smallest absolute Gasteiger partial charge is 0.279 e. The highest BCUT2D eigenvalue weighted by molar-refractivity contribution is 7.71. The van der Waals surface area contributed by atoms with E-state index >= 15 is 0 Å². The number of hydrogen-bond acceptors (Lipinski definition) is 6. The van der Waals surface area contributed by atoms with E-state index in [-0.39, 0.29) is 23.1 Å². The molecular formula is C12H10N4O3S. The van der Waals surface area contributed by atoms with Crippen LogP contribution in [0.4, 0.5) is 11.5 Å². The first-order valence-electron chi connectivity index (χ1n) is 5.69. The van der Waals surface area contributed by atoms with Crippen LogP contribution in [0.15, 0.2) is 28.0 Å². The van der Waals surface area contributed by atoms with Crippen LogP contribution in [-0.4, -0.2) is 23.0 Å². The van der Waals surface area contributed by atoms with Gasteiger partial charge in [-0.2, -0.15) is 0 Å². The van der Waals surface area contributed by atoms with Gasteiger partial charge in [-0.05, 0) is 36.0 Å². The molecule has 0 radical (unpaired) electrons. The number of nitrogens with two attached hydrogens (primary N) is 1. The third-order valence-corrected chi connectivity index (χ3v) is 2.89. The van der Waals surface area contributed by atoms with Crippen molar-refractivity contribution in [3.05, 3.63) is 38.9 Å². The molecule has 0 unspecified atom stereocenters. The van der Waals surface area contributed by atoms with Gasteiger partial charge in [0.1, 0.15) is 5.82 Å². The summed E-state index contributed by atoms with van der Waals surface area (Å²) in [6.45, 7) is 0.206. The Morgan fingerprint density at radius 2 is 2.10 bits per heavy atom. The summed E-state index contributed by atoms with van der Waals surface area (Å²) in [4.78, 5) is 20.8. The fourth-order valence-corrected chi connectivity index (χ4v) is 1.96. The zero-order valence-corrected chi connectivity index (χ0v) is 11.0. The fraction of sp³-hybridized carbons (Fsp3) is 0.0833. The van der Waals surface area contributed by atoms with Crippen LogP contribution in [0.5, 0.6) is 11.5 Å². The zero-order valence-electron chi connectivity index (χ0n) is 10.2. The molecule has 7 nitrogen and oxygen atoms in total. The van der Waals surface area contributed by atoms with Gasteiger partial charge in [-0.1, -0.05) is 0 Å². The van der Waals surface area contributed by atoms with E-state index < -0.39 is 5.56 Å². The van der Waals surface area contributed by atoms with E-state index in [1.807, 2.05) is 0 Å². The Morgan fingerprint density at radius 3 is 2.90 bits per heavy atom. The van der Waals surface area contributed by atoms with Gasteiger partial charge in [0.05, 0.1) is 0 Å². The van der Waals surface area contributed by atoms with Crippen molar-refractivity contribution >= 4 is 29.9 Å². The number of nitrogens with one attached hydrogen (secondary N) is 2. The zero-order chi connectivity index (χ0) is 14.1. The molecule has 0 fully saturated rings. The molecule has 0 bridgehead atoms. The number of hydrogen-bond donors (Lipinski definition) is 3. The Balaban J connectivity index is 1.95. The van der Waals surface area contributed by atoms with E-state index in [4.69, 9.17) is 27.4 Å². The molecule has 3 rings (SSSR count). The summed E-state index contributed by atoms with van der Waals surface area (Å²) in [5, 5.41) is 0. The number of aliphatic imine (C=N–C) groups is 1. The largest absolute Gasteiger partial charge is 0.454 e. The summed E-state index contributed by atoms with van der Waals surface area (Å²) in [6.07, 6.45) is 1.51. The summed E-state index contributed by atoms with van der Waals surface area (Å²) in [6, 6.07) is 5.34. The maximum atomic E-state index is 11.7. The van der Waals surface area contributed by atoms with Gasteiger partial charge in [-0.25, -0.2) is 4.99 Å². The molecule has 0 saturated carbocycles. The van der Waals surface area contributed by atoms with E-state index in [1.54, 1.807) is 18.2 Å². The number of aromatic nitrogens is 2. The number of nitrogen functional groups attached to an aromatic ring is 1. The minimum Gasteiger partial charge on any atom is -0.454 e. The van der Waals surface area contributed by atoms with Crippen molar-refractivity contribution in [2.75, 3.05) is 12.5 Å². The quantitative estimate of drug-likeness (QED) is 0.574. The van der Waals surface area contributed by atoms with Crippen LogP contribution in [0.25, 0.3) is 0 Å². The van der Waals surface area contributed by atoms with E-state index in [9.17, 15) is 4.79 Å². The van der Waals surface area contributed by atoms with E-state index in [0.29, 0.717) is 11.5 Å². The number of anilines is 1. The molecule has 0 atom stereocenters. The summed E-state index contributed by atoms with van der Waals surface area (Å²) in [5.41, 5.74) is 6.07. The average molecular weight is 290 g/mol. The molecule has 0 spiro atoms. The molecule has 0 aliphatic carbocycles. The lowest BCUT2D eigenvalue weighted by Crippen LogP contribution is -2.10. The van der Waals surface area contributed by atoms with Crippen molar-refractivity contribution in [1.29, 1.82) is 0 Å². The molecule has 2 heterocycles. The number of rotatable bonds is 2. The molecular weight excluding hydrogens is 280 g/mol. The van der Waals surface area contributed by atoms with Crippen molar-refractivity contribution in [1.82, 2.24) is 9.97 Å². The first-order valence-corrected chi connectivity index (χ1v) is 6.10. The van der Waals surface area contributed by atoms with Gasteiger partial charge in [0.2, 0.25) is 6.79 Å². The number of nitrogens with zero attached hydrogens (tertiary/aromatic N) is 1. The fourth-order valence-electron chi connectivity index (χ4n) is 1.76. The number of aromatic amines is 2. The number of H-pyrrole nitrogens is 2. The predicted molar refractivity (Wildman–Crippen MR) is 76.5 cm³/mol. The SMILES string of the molecule is Nc1[nH]c(=S)[nH]c(=O)c1N=Cc1ccc2c(c1)OCO2. The van der Waals surface area contributed by atoms with Crippen LogP contribution in [0.1, 0.15) is 5.56 Å². The highest BCUT2D eigenvalue weighted by Crippen LogP contribution is 2.32.